The molecule has 0 bridgehead atoms. The zero-order valence-electron chi connectivity index (χ0n) is 9.06. The van der Waals surface area contributed by atoms with Gasteiger partial charge >= 0.3 is 5.97 Å². The van der Waals surface area contributed by atoms with Gasteiger partial charge in [0.1, 0.15) is 0 Å². The molecular weight excluding hydrogens is 190 g/mol. The van der Waals surface area contributed by atoms with Crippen molar-refractivity contribution in [3.63, 3.8) is 0 Å². The van der Waals surface area contributed by atoms with Crippen molar-refractivity contribution in [1.29, 1.82) is 0 Å². The third-order valence-corrected chi connectivity index (χ3v) is 1.81. The highest BCUT2D eigenvalue weighted by Gasteiger charge is 2.10. The van der Waals surface area contributed by atoms with E-state index in [1.165, 1.54) is 5.06 Å². The third kappa shape index (κ3) is 3.95. The summed E-state index contributed by atoms with van der Waals surface area (Å²) in [4.78, 5) is 16.3. The van der Waals surface area contributed by atoms with Gasteiger partial charge in [-0.05, 0) is 5.56 Å². The summed E-state index contributed by atoms with van der Waals surface area (Å²) in [5, 5.41) is 1.36. The van der Waals surface area contributed by atoms with Crippen molar-refractivity contribution in [2.45, 2.75) is 6.42 Å². The molecule has 3 nitrogen and oxygen atoms in total. The average molecular weight is 205 g/mol. The molecule has 0 amide bonds. The zero-order valence-corrected chi connectivity index (χ0v) is 9.06. The van der Waals surface area contributed by atoms with Crippen LogP contribution >= 0.6 is 0 Å². The van der Waals surface area contributed by atoms with Gasteiger partial charge in [0, 0.05) is 26.1 Å². The summed E-state index contributed by atoms with van der Waals surface area (Å²) in [7, 11) is 3.32. The van der Waals surface area contributed by atoms with Gasteiger partial charge in [0.05, 0.1) is 0 Å². The largest absolute Gasteiger partial charge is 0.365 e. The lowest BCUT2D eigenvalue weighted by Gasteiger charge is -2.11. The molecule has 0 radical (unpaired) electrons. The van der Waals surface area contributed by atoms with Gasteiger partial charge in [-0.15, -0.1) is 5.06 Å². The maximum Gasteiger partial charge on any atom is 0.352 e. The number of nitrogens with zero attached hydrogens (tertiary/aromatic N) is 1. The van der Waals surface area contributed by atoms with E-state index < -0.39 is 0 Å². The van der Waals surface area contributed by atoms with E-state index in [0.717, 1.165) is 5.56 Å². The molecule has 0 aliphatic carbocycles. The Labute approximate surface area is 89.9 Å². The minimum atomic E-state index is -0.385. The van der Waals surface area contributed by atoms with Crippen molar-refractivity contribution in [2.24, 2.45) is 0 Å². The Morgan fingerprint density at radius 3 is 2.47 bits per heavy atom. The number of hydroxylamine groups is 2. The van der Waals surface area contributed by atoms with Crippen molar-refractivity contribution < 1.29 is 9.63 Å². The van der Waals surface area contributed by atoms with Crippen molar-refractivity contribution >= 4 is 5.97 Å². The van der Waals surface area contributed by atoms with Crippen LogP contribution in [0.1, 0.15) is 5.56 Å². The molecule has 1 aromatic rings. The number of hydrogen-bond donors (Lipinski definition) is 0. The fraction of sp³-hybridized carbons (Fsp3) is 0.250. The predicted molar refractivity (Wildman–Crippen MR) is 59.1 cm³/mol. The summed E-state index contributed by atoms with van der Waals surface area (Å²) < 4.78 is 0. The Bertz CT molecular complexity index is 344. The van der Waals surface area contributed by atoms with E-state index in [2.05, 4.69) is 6.58 Å². The topological polar surface area (TPSA) is 29.5 Å². The molecule has 0 saturated heterocycles. The van der Waals surface area contributed by atoms with E-state index >= 15 is 0 Å². The van der Waals surface area contributed by atoms with Gasteiger partial charge in [0.2, 0.25) is 0 Å². The van der Waals surface area contributed by atoms with Crippen LogP contribution in [0.15, 0.2) is 42.5 Å². The predicted octanol–water partition coefficient (Wildman–Crippen LogP) is 1.81. The molecule has 1 aromatic carbocycles. The second-order valence-corrected chi connectivity index (χ2v) is 3.46. The Morgan fingerprint density at radius 2 is 1.93 bits per heavy atom. The first-order valence-electron chi connectivity index (χ1n) is 4.71. The van der Waals surface area contributed by atoms with E-state index in [-0.39, 0.29) is 5.97 Å². The van der Waals surface area contributed by atoms with Crippen LogP contribution in [-0.4, -0.2) is 25.1 Å². The standard InChI is InChI=1S/C12H15NO2/c1-10(12(14)15-13(2)3)9-11-7-5-4-6-8-11/h4-8H,1,9H2,2-3H3. The van der Waals surface area contributed by atoms with E-state index in [1.807, 2.05) is 30.3 Å². The quantitative estimate of drug-likeness (QED) is 0.554. The fourth-order valence-electron chi connectivity index (χ4n) is 1.14. The maximum atomic E-state index is 11.4. The van der Waals surface area contributed by atoms with Crippen molar-refractivity contribution in [2.75, 3.05) is 14.1 Å². The van der Waals surface area contributed by atoms with Crippen LogP contribution in [0.5, 0.6) is 0 Å². The van der Waals surface area contributed by atoms with Crippen LogP contribution in [-0.2, 0) is 16.1 Å². The monoisotopic (exact) mass is 205 g/mol. The lowest BCUT2D eigenvalue weighted by Crippen LogP contribution is -2.20. The van der Waals surface area contributed by atoms with Crippen molar-refractivity contribution in [1.82, 2.24) is 5.06 Å². The van der Waals surface area contributed by atoms with Crippen LogP contribution in [0.4, 0.5) is 0 Å². The molecule has 1 rings (SSSR count). The normalized spacial score (nSPS) is 10.1. The third-order valence-electron chi connectivity index (χ3n) is 1.81. The van der Waals surface area contributed by atoms with Crippen LogP contribution in [0, 0.1) is 0 Å². The lowest BCUT2D eigenvalue weighted by atomic mass is 10.1. The van der Waals surface area contributed by atoms with E-state index in [0.29, 0.717) is 12.0 Å². The molecule has 0 aromatic heterocycles. The molecule has 80 valence electrons. The molecule has 0 N–H and O–H groups in total. The molecule has 0 heterocycles. The SMILES string of the molecule is C=C(Cc1ccccc1)C(=O)ON(C)C. The van der Waals surface area contributed by atoms with Crippen LogP contribution in [0.2, 0.25) is 0 Å². The van der Waals surface area contributed by atoms with Gasteiger partial charge in [0.25, 0.3) is 0 Å². The summed E-state index contributed by atoms with van der Waals surface area (Å²) in [6, 6.07) is 9.70. The van der Waals surface area contributed by atoms with Crippen molar-refractivity contribution in [3.8, 4) is 0 Å². The van der Waals surface area contributed by atoms with Crippen LogP contribution < -0.4 is 0 Å². The van der Waals surface area contributed by atoms with Crippen molar-refractivity contribution in [3.05, 3.63) is 48.0 Å². The lowest BCUT2D eigenvalue weighted by molar-refractivity contribution is -0.173. The summed E-state index contributed by atoms with van der Waals surface area (Å²) >= 11 is 0. The summed E-state index contributed by atoms with van der Waals surface area (Å²) in [5.41, 5.74) is 1.51. The Kier molecular flexibility index (Phi) is 4.06. The fourth-order valence-corrected chi connectivity index (χ4v) is 1.14. The molecule has 0 unspecified atom stereocenters. The number of carbonyl (C=O) groups is 1. The molecule has 0 saturated carbocycles. The first kappa shape index (κ1) is 11.5. The zero-order chi connectivity index (χ0) is 11.3. The minimum Gasteiger partial charge on any atom is -0.365 e. The molecule has 0 fully saturated rings. The van der Waals surface area contributed by atoms with Gasteiger partial charge in [-0.2, -0.15) is 0 Å². The highest BCUT2D eigenvalue weighted by molar-refractivity contribution is 5.87. The molecule has 0 atom stereocenters. The second-order valence-electron chi connectivity index (χ2n) is 3.46. The Morgan fingerprint density at radius 1 is 1.33 bits per heavy atom. The average Bonchev–Trinajstić information content (AvgIpc) is 2.18. The number of rotatable bonds is 4. The summed E-state index contributed by atoms with van der Waals surface area (Å²) in [6.07, 6.45) is 0.521. The molecule has 3 heteroatoms. The van der Waals surface area contributed by atoms with Gasteiger partial charge in [-0.3, -0.25) is 0 Å². The number of hydrogen-bond acceptors (Lipinski definition) is 3. The molecular formula is C12H15NO2. The minimum absolute atomic E-state index is 0.385. The first-order chi connectivity index (χ1) is 7.09. The van der Waals surface area contributed by atoms with Gasteiger partial charge in [0.15, 0.2) is 0 Å². The maximum absolute atomic E-state index is 11.4. The van der Waals surface area contributed by atoms with E-state index in [4.69, 9.17) is 4.84 Å². The van der Waals surface area contributed by atoms with Gasteiger partial charge in [-0.1, -0.05) is 36.9 Å². The summed E-state index contributed by atoms with van der Waals surface area (Å²) in [5.74, 6) is -0.385. The van der Waals surface area contributed by atoms with Gasteiger partial charge < -0.3 is 4.84 Å². The van der Waals surface area contributed by atoms with E-state index in [1.54, 1.807) is 14.1 Å². The Hall–Kier alpha value is -1.61. The van der Waals surface area contributed by atoms with Crippen LogP contribution in [0.25, 0.3) is 0 Å². The van der Waals surface area contributed by atoms with Gasteiger partial charge in [-0.25, -0.2) is 4.79 Å². The number of carbonyl (C=O) groups excluding carboxylic acids is 1. The molecule has 0 spiro atoms. The smallest absolute Gasteiger partial charge is 0.352 e. The second kappa shape index (κ2) is 5.32. The number of benzene rings is 1. The first-order valence-corrected chi connectivity index (χ1v) is 4.71. The summed E-state index contributed by atoms with van der Waals surface area (Å²) in [6.45, 7) is 3.70. The van der Waals surface area contributed by atoms with Crippen LogP contribution in [0.3, 0.4) is 0 Å². The molecule has 15 heavy (non-hydrogen) atoms. The molecule has 0 aliphatic heterocycles. The highest BCUT2D eigenvalue weighted by atomic mass is 16.7. The molecule has 0 aliphatic rings. The Balaban J connectivity index is 2.53. The highest BCUT2D eigenvalue weighted by Crippen LogP contribution is 2.07. The van der Waals surface area contributed by atoms with E-state index in [9.17, 15) is 4.79 Å².